The van der Waals surface area contributed by atoms with Gasteiger partial charge in [0.25, 0.3) is 0 Å². The average molecular weight is 738 g/mol. The van der Waals surface area contributed by atoms with Crippen LogP contribution in [0, 0.1) is 10.8 Å². The molecule has 6 heteroatoms. The minimum Gasteiger partial charge on any atom is -0.468 e. The molecule has 0 aromatic heterocycles. The predicted octanol–water partition coefficient (Wildman–Crippen LogP) is 12.2. The molecule has 4 atom stereocenters. The molecule has 0 heterocycles. The van der Waals surface area contributed by atoms with Gasteiger partial charge in [-0.05, 0) is 101 Å². The monoisotopic (exact) mass is 736 g/mol. The second-order valence-electron chi connectivity index (χ2n) is 17.8. The molecule has 0 bridgehead atoms. The van der Waals surface area contributed by atoms with Crippen LogP contribution in [-0.4, -0.2) is 36.4 Å². The van der Waals surface area contributed by atoms with E-state index in [1.807, 2.05) is 24.3 Å². The first kappa shape index (κ1) is 42.6. The average Bonchev–Trinajstić information content (AvgIpc) is 3.06. The van der Waals surface area contributed by atoms with Crippen molar-refractivity contribution in [2.75, 3.05) is 14.2 Å². The first-order valence-electron chi connectivity index (χ1n) is 18.3. The maximum absolute atomic E-state index is 12.6. The third-order valence-corrected chi connectivity index (χ3v) is 11.3. The topological polar surface area (TPSA) is 52.6 Å². The summed E-state index contributed by atoms with van der Waals surface area (Å²) in [6, 6.07) is 30.0. The van der Waals surface area contributed by atoms with Crippen molar-refractivity contribution in [3.05, 3.63) is 107 Å². The first-order chi connectivity index (χ1) is 23.6. The number of ether oxygens (including phenoxy) is 2. The highest BCUT2D eigenvalue weighted by Gasteiger charge is 2.39. The van der Waals surface area contributed by atoms with E-state index in [4.69, 9.17) is 32.7 Å². The highest BCUT2D eigenvalue weighted by Crippen LogP contribution is 2.47. The highest BCUT2D eigenvalue weighted by atomic mass is 35.5. The van der Waals surface area contributed by atoms with Gasteiger partial charge >= 0.3 is 11.9 Å². The lowest BCUT2D eigenvalue weighted by Crippen LogP contribution is -2.34. The maximum atomic E-state index is 12.6. The zero-order chi connectivity index (χ0) is 38.3. The third kappa shape index (κ3) is 12.4. The fourth-order valence-electron chi connectivity index (χ4n) is 8.78. The lowest BCUT2D eigenvalue weighted by atomic mass is 9.65. The Balaban J connectivity index is 1.77. The summed E-state index contributed by atoms with van der Waals surface area (Å²) in [4.78, 5) is 23.7. The number of alkyl halides is 2. The van der Waals surface area contributed by atoms with Crippen molar-refractivity contribution < 1.29 is 19.1 Å². The van der Waals surface area contributed by atoms with Crippen LogP contribution in [0.15, 0.2) is 84.9 Å². The molecule has 0 aliphatic carbocycles. The summed E-state index contributed by atoms with van der Waals surface area (Å²) in [6.07, 6.45) is 4.74. The van der Waals surface area contributed by atoms with Crippen LogP contribution in [0.4, 0.5) is 0 Å². The Morgan fingerprint density at radius 1 is 0.588 bits per heavy atom. The van der Waals surface area contributed by atoms with Crippen molar-refractivity contribution in [1.82, 2.24) is 0 Å². The maximum Gasteiger partial charge on any atom is 0.326 e. The SMILES string of the molecule is COC(=O)C(Cl)CC(CC(C)(C)CC(C)(C)c1ccc(C(C)(C)CC(C)(C)CC(CC(C)(Cl)C(=O)OC)c2ccccc2)cc1)c1ccccc1. The van der Waals surface area contributed by atoms with Gasteiger partial charge in [-0.2, -0.15) is 0 Å². The molecule has 0 radical (unpaired) electrons. The van der Waals surface area contributed by atoms with E-state index in [0.717, 1.165) is 25.7 Å². The van der Waals surface area contributed by atoms with Crippen LogP contribution in [0.1, 0.15) is 135 Å². The number of methoxy groups -OCH3 is 2. The van der Waals surface area contributed by atoms with Crippen molar-refractivity contribution in [3.8, 4) is 0 Å². The number of hydrogen-bond donors (Lipinski definition) is 0. The molecule has 3 rings (SSSR count). The molecule has 0 spiro atoms. The van der Waals surface area contributed by atoms with Gasteiger partial charge in [-0.3, -0.25) is 9.59 Å². The zero-order valence-corrected chi connectivity index (χ0v) is 34.5. The number of hydrogen-bond acceptors (Lipinski definition) is 4. The minimum absolute atomic E-state index is 0.0268. The largest absolute Gasteiger partial charge is 0.468 e. The van der Waals surface area contributed by atoms with Gasteiger partial charge in [0.2, 0.25) is 0 Å². The van der Waals surface area contributed by atoms with Gasteiger partial charge in [0.1, 0.15) is 10.3 Å². The Morgan fingerprint density at radius 3 is 1.37 bits per heavy atom. The van der Waals surface area contributed by atoms with Gasteiger partial charge < -0.3 is 9.47 Å². The summed E-state index contributed by atoms with van der Waals surface area (Å²) in [5.41, 5.74) is 4.77. The summed E-state index contributed by atoms with van der Waals surface area (Å²) in [6.45, 7) is 20.4. The van der Waals surface area contributed by atoms with Gasteiger partial charge in [-0.1, -0.05) is 140 Å². The van der Waals surface area contributed by atoms with Crippen molar-refractivity contribution >= 4 is 35.1 Å². The van der Waals surface area contributed by atoms with E-state index in [2.05, 4.69) is 116 Å². The Morgan fingerprint density at radius 2 is 0.980 bits per heavy atom. The lowest BCUT2D eigenvalue weighted by Gasteiger charge is -2.40. The molecule has 0 fully saturated rings. The summed E-state index contributed by atoms with van der Waals surface area (Å²) < 4.78 is 10.00. The molecule has 3 aromatic rings. The molecule has 3 aromatic carbocycles. The Hall–Kier alpha value is -2.82. The summed E-state index contributed by atoms with van der Waals surface area (Å²) in [5, 5.41) is -0.686. The van der Waals surface area contributed by atoms with Crippen LogP contribution in [0.5, 0.6) is 0 Å². The molecule has 0 saturated carbocycles. The predicted molar refractivity (Wildman–Crippen MR) is 214 cm³/mol. The van der Waals surface area contributed by atoms with Crippen molar-refractivity contribution in [1.29, 1.82) is 0 Å². The molecule has 0 aliphatic rings. The molecule has 0 amide bonds. The zero-order valence-electron chi connectivity index (χ0n) is 32.9. The summed E-state index contributed by atoms with van der Waals surface area (Å²) in [7, 11) is 2.79. The number of carbonyl (C=O) groups is 2. The fraction of sp³-hybridized carbons (Fsp3) is 0.556. The van der Waals surface area contributed by atoms with Crippen LogP contribution in [0.25, 0.3) is 0 Å². The first-order valence-corrected chi connectivity index (χ1v) is 19.1. The molecular formula is C45H62Cl2O4. The minimum atomic E-state index is -1.10. The van der Waals surface area contributed by atoms with Gasteiger partial charge in [-0.15, -0.1) is 23.2 Å². The van der Waals surface area contributed by atoms with Gasteiger partial charge in [0.05, 0.1) is 14.2 Å². The molecule has 0 saturated heterocycles. The molecule has 4 unspecified atom stereocenters. The van der Waals surface area contributed by atoms with Gasteiger partial charge in [0.15, 0.2) is 0 Å². The van der Waals surface area contributed by atoms with Crippen molar-refractivity contribution in [3.63, 3.8) is 0 Å². The number of carbonyl (C=O) groups excluding carboxylic acids is 2. The van der Waals surface area contributed by atoms with E-state index in [1.54, 1.807) is 6.92 Å². The Labute approximate surface area is 319 Å². The van der Waals surface area contributed by atoms with E-state index < -0.39 is 16.2 Å². The van der Waals surface area contributed by atoms with Crippen molar-refractivity contribution in [2.45, 2.75) is 134 Å². The lowest BCUT2D eigenvalue weighted by molar-refractivity contribution is -0.144. The molecule has 280 valence electrons. The molecule has 4 nitrogen and oxygen atoms in total. The molecule has 0 N–H and O–H groups in total. The van der Waals surface area contributed by atoms with Crippen LogP contribution in [0.2, 0.25) is 0 Å². The third-order valence-electron chi connectivity index (χ3n) is 10.6. The standard InChI is InChI=1S/C45H62Cl2O4/c1-41(2,27-34(26-38(46)39(48)50-10)32-18-14-12-15-19-32)30-43(5,6)36-22-24-37(25-23-36)44(7,8)31-42(3,4)28-35(33-20-16-13-17-21-33)29-45(9,47)40(49)51-11/h12-25,34-35,38H,26-31H2,1-11H3. The second-order valence-corrected chi connectivity index (χ2v) is 19.1. The summed E-state index contributed by atoms with van der Waals surface area (Å²) in [5.74, 6) is -0.546. The van der Waals surface area contributed by atoms with Crippen LogP contribution < -0.4 is 0 Å². The van der Waals surface area contributed by atoms with E-state index in [9.17, 15) is 9.59 Å². The number of halogens is 2. The smallest absolute Gasteiger partial charge is 0.326 e. The van der Waals surface area contributed by atoms with E-state index in [-0.39, 0.29) is 39.5 Å². The van der Waals surface area contributed by atoms with E-state index >= 15 is 0 Å². The normalized spacial score (nSPS) is 15.7. The Kier molecular flexibility index (Phi) is 14.5. The molecule has 51 heavy (non-hydrogen) atoms. The highest BCUT2D eigenvalue weighted by molar-refractivity contribution is 6.33. The number of rotatable bonds is 18. The Bertz CT molecular complexity index is 1540. The van der Waals surface area contributed by atoms with Crippen LogP contribution in [0.3, 0.4) is 0 Å². The van der Waals surface area contributed by atoms with Gasteiger partial charge in [-0.25, -0.2) is 0 Å². The van der Waals surface area contributed by atoms with E-state index in [1.165, 1.54) is 36.5 Å². The van der Waals surface area contributed by atoms with Crippen LogP contribution in [-0.2, 0) is 29.9 Å². The number of benzene rings is 3. The van der Waals surface area contributed by atoms with Gasteiger partial charge in [0, 0.05) is 0 Å². The van der Waals surface area contributed by atoms with Crippen LogP contribution >= 0.6 is 23.2 Å². The number of esters is 2. The molecule has 0 aliphatic heterocycles. The summed E-state index contributed by atoms with van der Waals surface area (Å²) >= 11 is 13.3. The van der Waals surface area contributed by atoms with E-state index in [0.29, 0.717) is 12.8 Å². The molecular weight excluding hydrogens is 675 g/mol. The second kappa shape index (κ2) is 17.3. The quantitative estimate of drug-likeness (QED) is 0.0963. The fourth-order valence-corrected chi connectivity index (χ4v) is 9.34. The van der Waals surface area contributed by atoms with Crippen molar-refractivity contribution in [2.24, 2.45) is 10.8 Å².